The van der Waals surface area contributed by atoms with Crippen molar-refractivity contribution in [2.75, 3.05) is 13.1 Å². The number of hydrogen-bond donors (Lipinski definition) is 0. The van der Waals surface area contributed by atoms with E-state index in [2.05, 4.69) is 33.0 Å². The van der Waals surface area contributed by atoms with Gasteiger partial charge in [-0.25, -0.2) is 0 Å². The summed E-state index contributed by atoms with van der Waals surface area (Å²) >= 11 is 3.41. The summed E-state index contributed by atoms with van der Waals surface area (Å²) in [5.41, 5.74) is 0.809. The summed E-state index contributed by atoms with van der Waals surface area (Å²) in [5, 5.41) is 0. The molecule has 2 bridgehead atoms. The standard InChI is InChI=1S/C16H16BrNO/c17-13-5-3-10(4-6-13)16(19)18-8-14-11-1-2-12(7-11)15(14)9-18/h1-6,11-12,14-15H,7-9H2. The zero-order valence-corrected chi connectivity index (χ0v) is 12.2. The second kappa shape index (κ2) is 4.20. The molecule has 1 aliphatic heterocycles. The van der Waals surface area contributed by atoms with Crippen molar-refractivity contribution in [2.45, 2.75) is 6.42 Å². The van der Waals surface area contributed by atoms with E-state index in [1.165, 1.54) is 6.42 Å². The van der Waals surface area contributed by atoms with Crippen molar-refractivity contribution in [1.82, 2.24) is 4.90 Å². The van der Waals surface area contributed by atoms with Crippen LogP contribution in [0.1, 0.15) is 16.8 Å². The van der Waals surface area contributed by atoms with Crippen molar-refractivity contribution < 1.29 is 4.79 Å². The maximum atomic E-state index is 12.5. The first-order valence-corrected chi connectivity index (χ1v) is 7.75. The maximum absolute atomic E-state index is 12.5. The first-order chi connectivity index (χ1) is 9.22. The van der Waals surface area contributed by atoms with Gasteiger partial charge < -0.3 is 4.90 Å². The Balaban J connectivity index is 1.53. The van der Waals surface area contributed by atoms with Gasteiger partial charge in [0, 0.05) is 23.1 Å². The van der Waals surface area contributed by atoms with Crippen molar-refractivity contribution in [3.8, 4) is 0 Å². The molecule has 1 amide bonds. The molecule has 19 heavy (non-hydrogen) atoms. The molecule has 4 atom stereocenters. The van der Waals surface area contributed by atoms with Crippen LogP contribution in [0.5, 0.6) is 0 Å². The van der Waals surface area contributed by atoms with Crippen LogP contribution < -0.4 is 0 Å². The van der Waals surface area contributed by atoms with E-state index in [0.717, 1.165) is 46.8 Å². The van der Waals surface area contributed by atoms with Gasteiger partial charge >= 0.3 is 0 Å². The van der Waals surface area contributed by atoms with E-state index in [0.29, 0.717) is 0 Å². The monoisotopic (exact) mass is 317 g/mol. The van der Waals surface area contributed by atoms with E-state index in [4.69, 9.17) is 0 Å². The molecule has 0 radical (unpaired) electrons. The van der Waals surface area contributed by atoms with E-state index >= 15 is 0 Å². The number of rotatable bonds is 1. The predicted molar refractivity (Wildman–Crippen MR) is 77.8 cm³/mol. The molecule has 1 saturated carbocycles. The molecule has 1 aromatic rings. The number of amides is 1. The lowest BCUT2D eigenvalue weighted by Crippen LogP contribution is -2.30. The Kier molecular flexibility index (Phi) is 2.59. The highest BCUT2D eigenvalue weighted by Gasteiger charge is 2.50. The van der Waals surface area contributed by atoms with Gasteiger partial charge in [0.15, 0.2) is 0 Å². The molecule has 98 valence electrons. The van der Waals surface area contributed by atoms with Gasteiger partial charge in [-0.2, -0.15) is 0 Å². The SMILES string of the molecule is O=C(c1ccc(Br)cc1)N1CC2C3C=CC(C3)C2C1. The van der Waals surface area contributed by atoms with Crippen LogP contribution in [-0.4, -0.2) is 23.9 Å². The predicted octanol–water partition coefficient (Wildman–Crippen LogP) is 3.34. The molecular formula is C16H16BrNO. The molecule has 2 aliphatic carbocycles. The van der Waals surface area contributed by atoms with Crippen LogP contribution in [0, 0.1) is 23.7 Å². The molecular weight excluding hydrogens is 302 g/mol. The molecule has 1 heterocycles. The minimum atomic E-state index is 0.196. The normalized spacial score (nSPS) is 34.9. The summed E-state index contributed by atoms with van der Waals surface area (Å²) in [7, 11) is 0. The van der Waals surface area contributed by atoms with Gasteiger partial charge in [0.2, 0.25) is 0 Å². The van der Waals surface area contributed by atoms with Gasteiger partial charge in [-0.3, -0.25) is 4.79 Å². The third kappa shape index (κ3) is 1.78. The molecule has 0 spiro atoms. The number of allylic oxidation sites excluding steroid dienone is 2. The average Bonchev–Trinajstić information content (AvgIpc) is 3.11. The lowest BCUT2D eigenvalue weighted by atomic mass is 9.86. The minimum Gasteiger partial charge on any atom is -0.338 e. The lowest BCUT2D eigenvalue weighted by Gasteiger charge is -2.18. The molecule has 3 aliphatic rings. The van der Waals surface area contributed by atoms with Crippen LogP contribution in [0.25, 0.3) is 0 Å². The third-order valence-electron chi connectivity index (χ3n) is 5.04. The molecule has 1 saturated heterocycles. The van der Waals surface area contributed by atoms with Crippen molar-refractivity contribution >= 4 is 21.8 Å². The molecule has 4 unspecified atom stereocenters. The molecule has 3 heteroatoms. The van der Waals surface area contributed by atoms with Gasteiger partial charge in [0.1, 0.15) is 0 Å². The second-order valence-electron chi connectivity index (χ2n) is 5.99. The molecule has 0 aromatic heterocycles. The number of hydrogen-bond acceptors (Lipinski definition) is 1. The zero-order chi connectivity index (χ0) is 13.0. The smallest absolute Gasteiger partial charge is 0.253 e. The van der Waals surface area contributed by atoms with Gasteiger partial charge in [-0.05, 0) is 54.4 Å². The first kappa shape index (κ1) is 11.7. The number of benzene rings is 1. The Bertz CT molecular complexity index is 530. The fourth-order valence-electron chi connectivity index (χ4n) is 4.09. The Labute approximate surface area is 121 Å². The fraction of sp³-hybridized carbons (Fsp3) is 0.438. The highest BCUT2D eigenvalue weighted by atomic mass is 79.9. The summed E-state index contributed by atoms with van der Waals surface area (Å²) in [6.07, 6.45) is 6.08. The van der Waals surface area contributed by atoms with Crippen LogP contribution in [-0.2, 0) is 0 Å². The molecule has 4 rings (SSSR count). The van der Waals surface area contributed by atoms with E-state index in [9.17, 15) is 4.79 Å². The van der Waals surface area contributed by atoms with Crippen LogP contribution in [0.4, 0.5) is 0 Å². The topological polar surface area (TPSA) is 20.3 Å². The number of likely N-dealkylation sites (tertiary alicyclic amines) is 1. The van der Waals surface area contributed by atoms with Crippen LogP contribution >= 0.6 is 15.9 Å². The maximum Gasteiger partial charge on any atom is 0.253 e. The zero-order valence-electron chi connectivity index (χ0n) is 10.6. The van der Waals surface area contributed by atoms with Gasteiger partial charge in [-0.1, -0.05) is 28.1 Å². The second-order valence-corrected chi connectivity index (χ2v) is 6.91. The molecule has 1 aromatic carbocycles. The highest BCUT2D eigenvalue weighted by Crippen LogP contribution is 2.51. The highest BCUT2D eigenvalue weighted by molar-refractivity contribution is 9.10. The Morgan fingerprint density at radius 2 is 1.63 bits per heavy atom. The first-order valence-electron chi connectivity index (χ1n) is 6.95. The number of fused-ring (bicyclic) bond motifs is 5. The number of nitrogens with zero attached hydrogens (tertiary/aromatic N) is 1. The van der Waals surface area contributed by atoms with Crippen molar-refractivity contribution in [3.63, 3.8) is 0 Å². The van der Waals surface area contributed by atoms with Crippen molar-refractivity contribution in [2.24, 2.45) is 23.7 Å². The molecule has 2 nitrogen and oxygen atoms in total. The summed E-state index contributed by atoms with van der Waals surface area (Å²) in [6.45, 7) is 1.90. The summed E-state index contributed by atoms with van der Waals surface area (Å²) in [5.74, 6) is 3.10. The van der Waals surface area contributed by atoms with Crippen LogP contribution in [0.2, 0.25) is 0 Å². The lowest BCUT2D eigenvalue weighted by molar-refractivity contribution is 0.0777. The van der Waals surface area contributed by atoms with Crippen molar-refractivity contribution in [3.05, 3.63) is 46.5 Å². The number of halogens is 1. The van der Waals surface area contributed by atoms with Crippen molar-refractivity contribution in [1.29, 1.82) is 0 Å². The molecule has 2 fully saturated rings. The summed E-state index contributed by atoms with van der Waals surface area (Å²) in [4.78, 5) is 14.6. The summed E-state index contributed by atoms with van der Waals surface area (Å²) < 4.78 is 1.02. The van der Waals surface area contributed by atoms with Crippen LogP contribution in [0.15, 0.2) is 40.9 Å². The van der Waals surface area contributed by atoms with E-state index in [1.54, 1.807) is 0 Å². The number of carbonyl (C=O) groups is 1. The third-order valence-corrected chi connectivity index (χ3v) is 5.57. The number of carbonyl (C=O) groups excluding carboxylic acids is 1. The van der Waals surface area contributed by atoms with Crippen LogP contribution in [0.3, 0.4) is 0 Å². The summed E-state index contributed by atoms with van der Waals surface area (Å²) in [6, 6.07) is 7.70. The fourth-order valence-corrected chi connectivity index (χ4v) is 4.36. The quantitative estimate of drug-likeness (QED) is 0.727. The van der Waals surface area contributed by atoms with Gasteiger partial charge in [-0.15, -0.1) is 0 Å². The Hall–Kier alpha value is -1.09. The largest absolute Gasteiger partial charge is 0.338 e. The Morgan fingerprint density at radius 1 is 1.05 bits per heavy atom. The van der Waals surface area contributed by atoms with Gasteiger partial charge in [0.25, 0.3) is 5.91 Å². The van der Waals surface area contributed by atoms with E-state index < -0.39 is 0 Å². The average molecular weight is 318 g/mol. The van der Waals surface area contributed by atoms with E-state index in [-0.39, 0.29) is 5.91 Å². The minimum absolute atomic E-state index is 0.196. The molecule has 0 N–H and O–H groups in total. The van der Waals surface area contributed by atoms with Gasteiger partial charge in [0.05, 0.1) is 0 Å². The van der Waals surface area contributed by atoms with E-state index in [1.807, 2.05) is 24.3 Å². The Morgan fingerprint density at radius 3 is 2.21 bits per heavy atom.